The van der Waals surface area contributed by atoms with Crippen LogP contribution in [0, 0.1) is 18.6 Å². The maximum atomic E-state index is 13.2. The molecule has 2 rings (SSSR count). The summed E-state index contributed by atoms with van der Waals surface area (Å²) in [5.41, 5.74) is 2.70. The number of nitrogens with zero attached hydrogens (tertiary/aromatic N) is 2. The average molecular weight is 332 g/mol. The van der Waals surface area contributed by atoms with Gasteiger partial charge in [-0.3, -0.25) is 9.78 Å². The van der Waals surface area contributed by atoms with Crippen LogP contribution in [0.25, 0.3) is 0 Å². The van der Waals surface area contributed by atoms with Gasteiger partial charge in [-0.05, 0) is 55.7 Å². The molecule has 0 unspecified atom stereocenters. The van der Waals surface area contributed by atoms with Gasteiger partial charge in [0, 0.05) is 37.8 Å². The zero-order chi connectivity index (χ0) is 17.7. The van der Waals surface area contributed by atoms with Gasteiger partial charge in [-0.15, -0.1) is 0 Å². The number of amides is 1. The van der Waals surface area contributed by atoms with E-state index in [4.69, 9.17) is 0 Å². The molecule has 1 aromatic carbocycles. The molecule has 24 heavy (non-hydrogen) atoms. The SMILES string of the molecule is Cc1ccnc(C[C@H](C)N(C)C(=O)CCc2ccc(F)c(F)c2)c1. The van der Waals surface area contributed by atoms with Gasteiger partial charge in [-0.1, -0.05) is 6.07 Å². The average Bonchev–Trinajstić information content (AvgIpc) is 2.55. The second kappa shape index (κ2) is 7.99. The summed E-state index contributed by atoms with van der Waals surface area (Å²) in [5, 5.41) is 0. The predicted molar refractivity (Wildman–Crippen MR) is 89.6 cm³/mol. The molecule has 0 saturated heterocycles. The third kappa shape index (κ3) is 4.85. The molecular weight excluding hydrogens is 310 g/mol. The van der Waals surface area contributed by atoms with Crippen molar-refractivity contribution in [2.75, 3.05) is 7.05 Å². The van der Waals surface area contributed by atoms with Crippen molar-refractivity contribution in [1.29, 1.82) is 0 Å². The number of rotatable bonds is 6. The van der Waals surface area contributed by atoms with E-state index in [1.165, 1.54) is 6.07 Å². The first-order valence-corrected chi connectivity index (χ1v) is 7.98. The van der Waals surface area contributed by atoms with Crippen LogP contribution in [0.3, 0.4) is 0 Å². The van der Waals surface area contributed by atoms with Gasteiger partial charge in [-0.25, -0.2) is 8.78 Å². The van der Waals surface area contributed by atoms with E-state index in [2.05, 4.69) is 4.98 Å². The van der Waals surface area contributed by atoms with E-state index in [1.54, 1.807) is 18.1 Å². The number of halogens is 2. The number of hydrogen-bond acceptors (Lipinski definition) is 2. The number of pyridine rings is 1. The van der Waals surface area contributed by atoms with Crippen molar-refractivity contribution in [1.82, 2.24) is 9.88 Å². The van der Waals surface area contributed by atoms with Crippen LogP contribution >= 0.6 is 0 Å². The standard InChI is InChI=1S/C19H22F2N2O/c1-13-8-9-22-16(10-13)11-14(2)23(3)19(24)7-5-15-4-6-17(20)18(21)12-15/h4,6,8-10,12,14H,5,7,11H2,1-3H3/t14-/m0/s1. The van der Waals surface area contributed by atoms with Crippen molar-refractivity contribution in [2.24, 2.45) is 0 Å². The highest BCUT2D eigenvalue weighted by Gasteiger charge is 2.17. The first kappa shape index (κ1) is 18.0. The Labute approximate surface area is 141 Å². The van der Waals surface area contributed by atoms with Crippen LogP contribution in [0.2, 0.25) is 0 Å². The molecule has 0 saturated carbocycles. The Morgan fingerprint density at radius 3 is 2.62 bits per heavy atom. The van der Waals surface area contributed by atoms with Gasteiger partial charge < -0.3 is 4.90 Å². The van der Waals surface area contributed by atoms with E-state index in [0.29, 0.717) is 18.4 Å². The summed E-state index contributed by atoms with van der Waals surface area (Å²) < 4.78 is 26.1. The van der Waals surface area contributed by atoms with Crippen molar-refractivity contribution in [2.45, 2.75) is 39.2 Å². The quantitative estimate of drug-likeness (QED) is 0.808. The fourth-order valence-electron chi connectivity index (χ4n) is 2.52. The number of hydrogen-bond donors (Lipinski definition) is 0. The Kier molecular flexibility index (Phi) is 6.01. The molecule has 5 heteroatoms. The molecule has 0 aliphatic carbocycles. The maximum absolute atomic E-state index is 13.2. The summed E-state index contributed by atoms with van der Waals surface area (Å²) in [7, 11) is 1.76. The number of carbonyl (C=O) groups is 1. The Morgan fingerprint density at radius 2 is 1.96 bits per heavy atom. The minimum absolute atomic E-state index is 0.0109. The molecule has 1 aromatic heterocycles. The number of aryl methyl sites for hydroxylation is 2. The molecule has 128 valence electrons. The van der Waals surface area contributed by atoms with Crippen LogP contribution in [0.4, 0.5) is 8.78 Å². The fourth-order valence-corrected chi connectivity index (χ4v) is 2.52. The van der Waals surface area contributed by atoms with Crippen LogP contribution in [-0.2, 0) is 17.6 Å². The van der Waals surface area contributed by atoms with Gasteiger partial charge in [0.1, 0.15) is 0 Å². The zero-order valence-electron chi connectivity index (χ0n) is 14.2. The molecule has 2 aromatic rings. The van der Waals surface area contributed by atoms with Crippen molar-refractivity contribution in [3.63, 3.8) is 0 Å². The van der Waals surface area contributed by atoms with Gasteiger partial charge >= 0.3 is 0 Å². The largest absolute Gasteiger partial charge is 0.343 e. The van der Waals surface area contributed by atoms with Crippen molar-refractivity contribution in [3.8, 4) is 0 Å². The first-order chi connectivity index (χ1) is 11.4. The second-order valence-electron chi connectivity index (χ2n) is 6.13. The highest BCUT2D eigenvalue weighted by atomic mass is 19.2. The van der Waals surface area contributed by atoms with Gasteiger partial charge in [0.2, 0.25) is 5.91 Å². The maximum Gasteiger partial charge on any atom is 0.222 e. The van der Waals surface area contributed by atoms with Crippen LogP contribution in [0.5, 0.6) is 0 Å². The minimum Gasteiger partial charge on any atom is -0.343 e. The molecule has 0 aliphatic rings. The summed E-state index contributed by atoms with van der Waals surface area (Å²) in [6.07, 6.45) is 3.08. The lowest BCUT2D eigenvalue weighted by Crippen LogP contribution is -2.36. The molecule has 0 radical (unpaired) electrons. The molecule has 1 amide bonds. The minimum atomic E-state index is -0.882. The van der Waals surface area contributed by atoms with Crippen LogP contribution in [0.1, 0.15) is 30.2 Å². The molecule has 0 aliphatic heterocycles. The van der Waals surface area contributed by atoms with E-state index in [-0.39, 0.29) is 18.4 Å². The third-order valence-electron chi connectivity index (χ3n) is 4.14. The Balaban J connectivity index is 1.89. The lowest BCUT2D eigenvalue weighted by Gasteiger charge is -2.25. The third-order valence-corrected chi connectivity index (χ3v) is 4.14. The monoisotopic (exact) mass is 332 g/mol. The summed E-state index contributed by atoms with van der Waals surface area (Å²) in [6, 6.07) is 7.69. The first-order valence-electron chi connectivity index (χ1n) is 7.98. The van der Waals surface area contributed by atoms with E-state index in [9.17, 15) is 13.6 Å². The number of likely N-dealkylation sites (N-methyl/N-ethyl adjacent to an activating group) is 1. The lowest BCUT2D eigenvalue weighted by atomic mass is 10.1. The zero-order valence-corrected chi connectivity index (χ0v) is 14.2. The summed E-state index contributed by atoms with van der Waals surface area (Å²) in [4.78, 5) is 18.3. The Morgan fingerprint density at radius 1 is 1.21 bits per heavy atom. The predicted octanol–water partition coefficient (Wildman–Crippen LogP) is 3.69. The van der Waals surface area contributed by atoms with E-state index >= 15 is 0 Å². The molecule has 1 atom stereocenters. The molecule has 0 N–H and O–H groups in total. The van der Waals surface area contributed by atoms with E-state index < -0.39 is 11.6 Å². The summed E-state index contributed by atoms with van der Waals surface area (Å²) in [6.45, 7) is 3.98. The summed E-state index contributed by atoms with van der Waals surface area (Å²) in [5.74, 6) is -1.78. The highest BCUT2D eigenvalue weighted by molar-refractivity contribution is 5.76. The lowest BCUT2D eigenvalue weighted by molar-refractivity contribution is -0.131. The van der Waals surface area contributed by atoms with Gasteiger partial charge in [0.15, 0.2) is 11.6 Å². The van der Waals surface area contributed by atoms with Gasteiger partial charge in [0.25, 0.3) is 0 Å². The highest BCUT2D eigenvalue weighted by Crippen LogP contribution is 2.13. The molecular formula is C19H22F2N2O. The van der Waals surface area contributed by atoms with Crippen molar-refractivity contribution < 1.29 is 13.6 Å². The summed E-state index contributed by atoms with van der Waals surface area (Å²) >= 11 is 0. The topological polar surface area (TPSA) is 33.2 Å². The Hall–Kier alpha value is -2.30. The molecule has 0 spiro atoms. The smallest absolute Gasteiger partial charge is 0.222 e. The van der Waals surface area contributed by atoms with Crippen molar-refractivity contribution >= 4 is 5.91 Å². The van der Waals surface area contributed by atoms with E-state index in [0.717, 1.165) is 23.4 Å². The molecule has 0 bridgehead atoms. The van der Waals surface area contributed by atoms with Gasteiger partial charge in [-0.2, -0.15) is 0 Å². The van der Waals surface area contributed by atoms with Crippen LogP contribution in [-0.4, -0.2) is 28.9 Å². The molecule has 3 nitrogen and oxygen atoms in total. The van der Waals surface area contributed by atoms with E-state index in [1.807, 2.05) is 26.0 Å². The number of carbonyl (C=O) groups excluding carboxylic acids is 1. The van der Waals surface area contributed by atoms with Crippen LogP contribution < -0.4 is 0 Å². The number of benzene rings is 1. The second-order valence-corrected chi connectivity index (χ2v) is 6.13. The molecule has 0 fully saturated rings. The van der Waals surface area contributed by atoms with Gasteiger partial charge in [0.05, 0.1) is 0 Å². The van der Waals surface area contributed by atoms with Crippen molar-refractivity contribution in [3.05, 3.63) is 65.0 Å². The number of aromatic nitrogens is 1. The van der Waals surface area contributed by atoms with Crippen LogP contribution in [0.15, 0.2) is 36.5 Å². The fraction of sp³-hybridized carbons (Fsp3) is 0.368. The Bertz CT molecular complexity index is 718. The molecule has 1 heterocycles. The normalized spacial score (nSPS) is 12.0.